The van der Waals surface area contributed by atoms with E-state index in [-0.39, 0.29) is 18.6 Å². The van der Waals surface area contributed by atoms with Crippen LogP contribution in [0.3, 0.4) is 0 Å². The van der Waals surface area contributed by atoms with Crippen molar-refractivity contribution in [2.75, 3.05) is 6.54 Å². The van der Waals surface area contributed by atoms with Gasteiger partial charge in [0.05, 0.1) is 6.61 Å². The number of thiophene rings is 1. The summed E-state index contributed by atoms with van der Waals surface area (Å²) in [5.74, 6) is -0.647. The summed E-state index contributed by atoms with van der Waals surface area (Å²) in [5.41, 5.74) is 2.04. The summed E-state index contributed by atoms with van der Waals surface area (Å²) in [6, 6.07) is 11.7. The maximum Gasteiger partial charge on any atom is 0.345 e. The second-order valence-corrected chi connectivity index (χ2v) is 8.14. The summed E-state index contributed by atoms with van der Waals surface area (Å²) in [7, 11) is 0. The number of hydrogen-bond donors (Lipinski definition) is 2. The van der Waals surface area contributed by atoms with Crippen LogP contribution < -0.4 is 0 Å². The Bertz CT molecular complexity index is 801. The van der Waals surface area contributed by atoms with Gasteiger partial charge in [0, 0.05) is 23.9 Å². The van der Waals surface area contributed by atoms with Crippen molar-refractivity contribution in [3.63, 3.8) is 0 Å². The van der Waals surface area contributed by atoms with Crippen molar-refractivity contribution in [1.82, 2.24) is 4.90 Å². The first-order chi connectivity index (χ1) is 13.1. The van der Waals surface area contributed by atoms with Crippen LogP contribution in [0.2, 0.25) is 0 Å². The fourth-order valence-electron chi connectivity index (χ4n) is 3.67. The summed E-state index contributed by atoms with van der Waals surface area (Å²) in [6.07, 6.45) is 5.07. The summed E-state index contributed by atoms with van der Waals surface area (Å²) < 4.78 is 0. The quantitative estimate of drug-likeness (QED) is 0.690. The standard InChI is InChI=1S/C21H25NO4S/c23-14-16-4-1-3-15(13-16)11-12-22-17(7-10-20(22)24)5-2-6-18-8-9-19(27-18)21(25)26/h1,3-4,8-9,13,17,23H,2,5-7,10-12,14H2,(H,25,26)/t17-/m0/s1. The third-order valence-electron chi connectivity index (χ3n) is 5.10. The van der Waals surface area contributed by atoms with Gasteiger partial charge in [-0.2, -0.15) is 0 Å². The maximum atomic E-state index is 12.3. The number of carboxylic acid groups (broad SMARTS) is 1. The minimum atomic E-state index is -0.871. The fraction of sp³-hybridized carbons (Fsp3) is 0.429. The van der Waals surface area contributed by atoms with Crippen LogP contribution in [0.15, 0.2) is 36.4 Å². The number of hydrogen-bond acceptors (Lipinski definition) is 4. The Morgan fingerprint density at radius 1 is 1.19 bits per heavy atom. The van der Waals surface area contributed by atoms with E-state index in [0.717, 1.165) is 48.1 Å². The molecule has 0 spiro atoms. The highest BCUT2D eigenvalue weighted by atomic mass is 32.1. The lowest BCUT2D eigenvalue weighted by atomic mass is 10.1. The minimum absolute atomic E-state index is 0.0332. The predicted molar refractivity (Wildman–Crippen MR) is 105 cm³/mol. The van der Waals surface area contributed by atoms with Gasteiger partial charge in [-0.05, 0) is 55.4 Å². The molecule has 0 unspecified atom stereocenters. The van der Waals surface area contributed by atoms with Crippen molar-refractivity contribution >= 4 is 23.2 Å². The van der Waals surface area contributed by atoms with E-state index in [9.17, 15) is 14.7 Å². The van der Waals surface area contributed by atoms with Gasteiger partial charge in [0.1, 0.15) is 4.88 Å². The monoisotopic (exact) mass is 387 g/mol. The molecular formula is C21H25NO4S. The number of carbonyl (C=O) groups is 2. The number of carbonyl (C=O) groups excluding carboxylic acids is 1. The molecule has 0 radical (unpaired) electrons. The fourth-order valence-corrected chi connectivity index (χ4v) is 4.56. The van der Waals surface area contributed by atoms with Crippen molar-refractivity contribution in [3.8, 4) is 0 Å². The highest BCUT2D eigenvalue weighted by Gasteiger charge is 2.29. The van der Waals surface area contributed by atoms with Crippen LogP contribution in [0, 0.1) is 0 Å². The number of aryl methyl sites for hydroxylation is 1. The molecule has 1 fully saturated rings. The van der Waals surface area contributed by atoms with Gasteiger partial charge in [-0.1, -0.05) is 24.3 Å². The maximum absolute atomic E-state index is 12.3. The van der Waals surface area contributed by atoms with Crippen LogP contribution in [-0.4, -0.2) is 39.6 Å². The third-order valence-corrected chi connectivity index (χ3v) is 6.23. The largest absolute Gasteiger partial charge is 0.477 e. The molecule has 27 heavy (non-hydrogen) atoms. The smallest absolute Gasteiger partial charge is 0.345 e. The number of aliphatic hydroxyl groups excluding tert-OH is 1. The molecule has 144 valence electrons. The number of rotatable bonds is 9. The average Bonchev–Trinajstić information content (AvgIpc) is 3.28. The van der Waals surface area contributed by atoms with Crippen molar-refractivity contribution in [2.45, 2.75) is 51.2 Å². The number of aromatic carboxylic acids is 1. The van der Waals surface area contributed by atoms with Gasteiger partial charge in [0.25, 0.3) is 0 Å². The summed E-state index contributed by atoms with van der Waals surface area (Å²) >= 11 is 1.34. The van der Waals surface area contributed by atoms with Crippen molar-refractivity contribution < 1.29 is 19.8 Å². The molecular weight excluding hydrogens is 362 g/mol. The van der Waals surface area contributed by atoms with Crippen molar-refractivity contribution in [3.05, 3.63) is 57.3 Å². The molecule has 1 aromatic heterocycles. The van der Waals surface area contributed by atoms with Crippen LogP contribution in [-0.2, 0) is 24.2 Å². The minimum Gasteiger partial charge on any atom is -0.477 e. The Kier molecular flexibility index (Phi) is 6.63. The van der Waals surface area contributed by atoms with Crippen LogP contribution in [0.1, 0.15) is 51.4 Å². The van der Waals surface area contributed by atoms with E-state index in [1.165, 1.54) is 11.3 Å². The van der Waals surface area contributed by atoms with Gasteiger partial charge in [0.2, 0.25) is 5.91 Å². The third kappa shape index (κ3) is 5.17. The van der Waals surface area contributed by atoms with E-state index in [0.29, 0.717) is 17.8 Å². The van der Waals surface area contributed by atoms with E-state index >= 15 is 0 Å². The molecule has 1 aliphatic rings. The number of aliphatic hydroxyl groups is 1. The Morgan fingerprint density at radius 3 is 2.74 bits per heavy atom. The lowest BCUT2D eigenvalue weighted by Gasteiger charge is -2.25. The molecule has 2 aromatic rings. The molecule has 1 aromatic carbocycles. The first-order valence-electron chi connectivity index (χ1n) is 9.37. The SMILES string of the molecule is O=C(O)c1ccc(CCC[C@H]2CCC(=O)N2CCc2cccc(CO)c2)s1. The second kappa shape index (κ2) is 9.15. The van der Waals surface area contributed by atoms with E-state index in [1.807, 2.05) is 35.2 Å². The highest BCUT2D eigenvalue weighted by Crippen LogP contribution is 2.25. The topological polar surface area (TPSA) is 77.8 Å². The van der Waals surface area contributed by atoms with E-state index < -0.39 is 5.97 Å². The molecule has 2 N–H and O–H groups in total. The normalized spacial score (nSPS) is 16.9. The number of carboxylic acids is 1. The predicted octanol–water partition coefficient (Wildman–Crippen LogP) is 3.50. The lowest BCUT2D eigenvalue weighted by molar-refractivity contribution is -0.129. The average molecular weight is 388 g/mol. The molecule has 1 amide bonds. The molecule has 1 aliphatic heterocycles. The summed E-state index contributed by atoms with van der Waals surface area (Å²) in [6.45, 7) is 0.742. The number of nitrogens with zero attached hydrogens (tertiary/aromatic N) is 1. The first-order valence-corrected chi connectivity index (χ1v) is 10.2. The lowest BCUT2D eigenvalue weighted by Crippen LogP contribution is -2.34. The van der Waals surface area contributed by atoms with Crippen molar-refractivity contribution in [2.24, 2.45) is 0 Å². The molecule has 3 rings (SSSR count). The molecule has 1 atom stereocenters. The van der Waals surface area contributed by atoms with Crippen LogP contribution in [0.25, 0.3) is 0 Å². The molecule has 0 aliphatic carbocycles. The van der Waals surface area contributed by atoms with E-state index in [1.54, 1.807) is 6.07 Å². The van der Waals surface area contributed by atoms with E-state index in [4.69, 9.17) is 5.11 Å². The van der Waals surface area contributed by atoms with Crippen LogP contribution >= 0.6 is 11.3 Å². The molecule has 2 heterocycles. The molecule has 5 nitrogen and oxygen atoms in total. The molecule has 6 heteroatoms. The van der Waals surface area contributed by atoms with Gasteiger partial charge in [-0.15, -0.1) is 11.3 Å². The van der Waals surface area contributed by atoms with Crippen LogP contribution in [0.4, 0.5) is 0 Å². The van der Waals surface area contributed by atoms with E-state index in [2.05, 4.69) is 0 Å². The molecule has 1 saturated heterocycles. The van der Waals surface area contributed by atoms with Crippen molar-refractivity contribution in [1.29, 1.82) is 0 Å². The van der Waals surface area contributed by atoms with Gasteiger partial charge in [-0.3, -0.25) is 4.79 Å². The zero-order valence-corrected chi connectivity index (χ0v) is 16.1. The molecule has 0 saturated carbocycles. The zero-order valence-electron chi connectivity index (χ0n) is 15.3. The Labute approximate surface area is 163 Å². The zero-order chi connectivity index (χ0) is 19.2. The highest BCUT2D eigenvalue weighted by molar-refractivity contribution is 7.13. The first kappa shape index (κ1) is 19.6. The molecule has 0 bridgehead atoms. The number of amides is 1. The second-order valence-electron chi connectivity index (χ2n) is 6.97. The summed E-state index contributed by atoms with van der Waals surface area (Å²) in [5, 5.41) is 18.3. The Hall–Kier alpha value is -2.18. The number of benzene rings is 1. The Balaban J connectivity index is 1.50. The summed E-state index contributed by atoms with van der Waals surface area (Å²) in [4.78, 5) is 26.7. The van der Waals surface area contributed by atoms with Crippen LogP contribution in [0.5, 0.6) is 0 Å². The van der Waals surface area contributed by atoms with Gasteiger partial charge >= 0.3 is 5.97 Å². The van der Waals surface area contributed by atoms with Gasteiger partial charge in [-0.25, -0.2) is 4.79 Å². The van der Waals surface area contributed by atoms with Gasteiger partial charge in [0.15, 0.2) is 0 Å². The van der Waals surface area contributed by atoms with Gasteiger partial charge < -0.3 is 15.1 Å². The Morgan fingerprint density at radius 2 is 2.00 bits per heavy atom. The number of likely N-dealkylation sites (tertiary alicyclic amines) is 1.